The predicted molar refractivity (Wildman–Crippen MR) is 53.6 cm³/mol. The van der Waals surface area contributed by atoms with Gasteiger partial charge in [0.1, 0.15) is 0 Å². The van der Waals surface area contributed by atoms with Crippen molar-refractivity contribution in [3.63, 3.8) is 0 Å². The first-order valence-corrected chi connectivity index (χ1v) is 4.87. The highest BCUT2D eigenvalue weighted by Gasteiger charge is 2.18. The highest BCUT2D eigenvalue weighted by molar-refractivity contribution is 5.30. The van der Waals surface area contributed by atoms with Crippen molar-refractivity contribution in [3.8, 4) is 0 Å². The largest absolute Gasteiger partial charge is 0.400 e. The Labute approximate surface area is 79.2 Å². The Balaban J connectivity index is 2.12. The van der Waals surface area contributed by atoms with Crippen LogP contribution in [0.5, 0.6) is 0 Å². The van der Waals surface area contributed by atoms with Crippen LogP contribution in [0.25, 0.3) is 0 Å². The molecule has 13 heavy (non-hydrogen) atoms. The molecule has 2 rings (SSSR count). The van der Waals surface area contributed by atoms with Crippen molar-refractivity contribution in [1.82, 2.24) is 5.32 Å². The van der Waals surface area contributed by atoms with Crippen LogP contribution in [0.15, 0.2) is 29.5 Å². The van der Waals surface area contributed by atoms with Gasteiger partial charge in [0.2, 0.25) is 0 Å². The van der Waals surface area contributed by atoms with Gasteiger partial charge in [0.25, 0.3) is 0 Å². The lowest BCUT2D eigenvalue weighted by Crippen LogP contribution is -2.35. The van der Waals surface area contributed by atoms with Crippen molar-refractivity contribution in [1.29, 1.82) is 0 Å². The molecule has 0 saturated carbocycles. The van der Waals surface area contributed by atoms with E-state index in [2.05, 4.69) is 17.6 Å². The van der Waals surface area contributed by atoms with Gasteiger partial charge < -0.3 is 11.1 Å². The van der Waals surface area contributed by atoms with Crippen molar-refractivity contribution >= 4 is 0 Å². The zero-order valence-electron chi connectivity index (χ0n) is 7.72. The fourth-order valence-corrected chi connectivity index (χ4v) is 1.88. The molecule has 3 N–H and O–H groups in total. The van der Waals surface area contributed by atoms with Crippen LogP contribution in [0.4, 0.5) is 0 Å². The second-order valence-corrected chi connectivity index (χ2v) is 3.58. The molecule has 2 heteroatoms. The fourth-order valence-electron chi connectivity index (χ4n) is 1.88. The molecule has 2 nitrogen and oxygen atoms in total. The summed E-state index contributed by atoms with van der Waals surface area (Å²) in [6, 6.07) is 0.213. The SMILES string of the molecule is NC1=CC=[C]NC1C1=CCCCC1. The maximum atomic E-state index is 5.90. The Bertz CT molecular complexity index is 274. The minimum absolute atomic E-state index is 0.213. The zero-order chi connectivity index (χ0) is 9.10. The first kappa shape index (κ1) is 8.42. The van der Waals surface area contributed by atoms with Crippen molar-refractivity contribution in [2.24, 2.45) is 5.73 Å². The molecule has 0 amide bonds. The van der Waals surface area contributed by atoms with E-state index >= 15 is 0 Å². The van der Waals surface area contributed by atoms with Crippen molar-refractivity contribution in [3.05, 3.63) is 35.7 Å². The number of allylic oxidation sites excluding steroid dienone is 3. The Morgan fingerprint density at radius 2 is 2.38 bits per heavy atom. The Morgan fingerprint density at radius 1 is 1.46 bits per heavy atom. The molecular formula is C11H15N2. The van der Waals surface area contributed by atoms with Crippen LogP contribution in [-0.4, -0.2) is 6.04 Å². The Hall–Kier alpha value is -1.18. The van der Waals surface area contributed by atoms with E-state index < -0.39 is 0 Å². The summed E-state index contributed by atoms with van der Waals surface area (Å²) >= 11 is 0. The molecule has 1 aliphatic carbocycles. The third kappa shape index (κ3) is 1.77. The van der Waals surface area contributed by atoms with Crippen LogP contribution in [0.3, 0.4) is 0 Å². The highest BCUT2D eigenvalue weighted by atomic mass is 14.9. The van der Waals surface area contributed by atoms with Crippen LogP contribution in [0.1, 0.15) is 25.7 Å². The lowest BCUT2D eigenvalue weighted by Gasteiger charge is -2.25. The minimum atomic E-state index is 0.213. The maximum absolute atomic E-state index is 5.90. The molecular weight excluding hydrogens is 160 g/mol. The summed E-state index contributed by atoms with van der Waals surface area (Å²) in [4.78, 5) is 0. The monoisotopic (exact) mass is 175 g/mol. The normalized spacial score (nSPS) is 27.5. The molecule has 1 unspecified atom stereocenters. The van der Waals surface area contributed by atoms with E-state index in [1.54, 1.807) is 0 Å². The Morgan fingerprint density at radius 3 is 3.08 bits per heavy atom. The molecule has 0 aromatic rings. The molecule has 0 spiro atoms. The number of hydrogen-bond donors (Lipinski definition) is 2. The van der Waals surface area contributed by atoms with E-state index in [4.69, 9.17) is 5.73 Å². The van der Waals surface area contributed by atoms with E-state index in [1.165, 1.54) is 31.3 Å². The number of dihydropyridines is 1. The van der Waals surface area contributed by atoms with Gasteiger partial charge in [0.05, 0.1) is 12.2 Å². The summed E-state index contributed by atoms with van der Waals surface area (Å²) in [5.41, 5.74) is 8.24. The summed E-state index contributed by atoms with van der Waals surface area (Å²) in [7, 11) is 0. The molecule has 0 fully saturated rings. The summed E-state index contributed by atoms with van der Waals surface area (Å²) in [5.74, 6) is 0. The van der Waals surface area contributed by atoms with Gasteiger partial charge in [0, 0.05) is 5.70 Å². The average molecular weight is 175 g/mol. The van der Waals surface area contributed by atoms with E-state index in [0.717, 1.165) is 5.70 Å². The smallest absolute Gasteiger partial charge is 0.0872 e. The van der Waals surface area contributed by atoms with Crippen LogP contribution in [-0.2, 0) is 0 Å². The van der Waals surface area contributed by atoms with Crippen molar-refractivity contribution in [2.75, 3.05) is 0 Å². The number of nitrogens with one attached hydrogen (secondary N) is 1. The molecule has 0 aromatic heterocycles. The molecule has 0 aromatic carbocycles. The van der Waals surface area contributed by atoms with Crippen molar-refractivity contribution in [2.45, 2.75) is 31.7 Å². The molecule has 1 aliphatic heterocycles. The van der Waals surface area contributed by atoms with E-state index in [9.17, 15) is 0 Å². The number of hydrogen-bond acceptors (Lipinski definition) is 2. The molecule has 2 aliphatic rings. The van der Waals surface area contributed by atoms with Gasteiger partial charge in [0.15, 0.2) is 0 Å². The number of rotatable bonds is 1. The Kier molecular flexibility index (Phi) is 2.39. The first-order valence-electron chi connectivity index (χ1n) is 4.87. The molecule has 0 saturated heterocycles. The van der Waals surface area contributed by atoms with Gasteiger partial charge in [-0.05, 0) is 43.4 Å². The predicted octanol–water partition coefficient (Wildman–Crippen LogP) is 1.62. The highest BCUT2D eigenvalue weighted by Crippen LogP contribution is 2.23. The summed E-state index contributed by atoms with van der Waals surface area (Å²) in [6.07, 6.45) is 14.0. The first-order chi connectivity index (χ1) is 6.38. The quantitative estimate of drug-likeness (QED) is 0.594. The van der Waals surface area contributed by atoms with Crippen LogP contribution in [0, 0.1) is 6.20 Å². The van der Waals surface area contributed by atoms with E-state index in [1.807, 2.05) is 12.2 Å². The van der Waals surface area contributed by atoms with Crippen LogP contribution in [0.2, 0.25) is 0 Å². The van der Waals surface area contributed by atoms with Crippen LogP contribution < -0.4 is 11.1 Å². The standard InChI is InChI=1S/C11H15N2/c12-10-7-4-8-13-11(10)9-5-2-1-3-6-9/h4-5,7,11,13H,1-3,6,12H2. The van der Waals surface area contributed by atoms with Gasteiger partial charge in [-0.2, -0.15) is 0 Å². The average Bonchev–Trinajstić information content (AvgIpc) is 2.20. The second-order valence-electron chi connectivity index (χ2n) is 3.58. The summed E-state index contributed by atoms with van der Waals surface area (Å²) in [5, 5.41) is 3.17. The minimum Gasteiger partial charge on any atom is -0.400 e. The molecule has 1 atom stereocenters. The van der Waals surface area contributed by atoms with Gasteiger partial charge in [-0.1, -0.05) is 6.08 Å². The lowest BCUT2D eigenvalue weighted by atomic mass is 9.91. The third-order valence-electron chi connectivity index (χ3n) is 2.62. The summed E-state index contributed by atoms with van der Waals surface area (Å²) < 4.78 is 0. The van der Waals surface area contributed by atoms with E-state index in [-0.39, 0.29) is 6.04 Å². The molecule has 1 heterocycles. The van der Waals surface area contributed by atoms with Gasteiger partial charge in [-0.3, -0.25) is 0 Å². The van der Waals surface area contributed by atoms with Crippen LogP contribution >= 0.6 is 0 Å². The van der Waals surface area contributed by atoms with E-state index in [0.29, 0.717) is 0 Å². The lowest BCUT2D eigenvalue weighted by molar-refractivity contribution is 0.617. The van der Waals surface area contributed by atoms with Gasteiger partial charge in [-0.15, -0.1) is 0 Å². The molecule has 0 bridgehead atoms. The molecule has 1 radical (unpaired) electrons. The number of nitrogens with two attached hydrogens (primary N) is 1. The van der Waals surface area contributed by atoms with Gasteiger partial charge >= 0.3 is 0 Å². The second kappa shape index (κ2) is 3.69. The fraction of sp³-hybridized carbons (Fsp3) is 0.455. The van der Waals surface area contributed by atoms with Crippen molar-refractivity contribution < 1.29 is 0 Å². The zero-order valence-corrected chi connectivity index (χ0v) is 7.72. The van der Waals surface area contributed by atoms with Gasteiger partial charge in [-0.25, -0.2) is 0 Å². The third-order valence-corrected chi connectivity index (χ3v) is 2.62. The summed E-state index contributed by atoms with van der Waals surface area (Å²) in [6.45, 7) is 0. The molecule has 69 valence electrons. The topological polar surface area (TPSA) is 38.0 Å². The maximum Gasteiger partial charge on any atom is 0.0872 e.